The normalized spacial score (nSPS) is 11.4. The number of fused-ring (bicyclic) bond motifs is 1. The minimum Gasteiger partial charge on any atom is -0.487 e. The van der Waals surface area contributed by atoms with Crippen LogP contribution in [0.1, 0.15) is 42.3 Å². The van der Waals surface area contributed by atoms with Crippen molar-refractivity contribution in [2.75, 3.05) is 11.5 Å². The molecule has 224 valence electrons. The van der Waals surface area contributed by atoms with Crippen molar-refractivity contribution in [1.29, 1.82) is 5.26 Å². The lowest BCUT2D eigenvalue weighted by Crippen LogP contribution is -2.34. The second-order valence-corrected chi connectivity index (χ2v) is 11.4. The number of nitriles is 1. The number of nitrogens with zero attached hydrogens (tertiary/aromatic N) is 4. The maximum absolute atomic E-state index is 12.9. The first-order valence-electron chi connectivity index (χ1n) is 12.9. The van der Waals surface area contributed by atoms with Crippen molar-refractivity contribution in [1.82, 2.24) is 14.9 Å². The number of carboxylic acid groups (broad SMARTS) is 1. The zero-order valence-electron chi connectivity index (χ0n) is 23.6. The molecular formula is C30H27Cl2F2N5O4. The fraction of sp³-hybridized carbons (Fsp3) is 0.267. The number of aromatic nitrogens is 2. The van der Waals surface area contributed by atoms with Gasteiger partial charge in [0, 0.05) is 25.1 Å². The molecule has 0 spiro atoms. The van der Waals surface area contributed by atoms with Gasteiger partial charge < -0.3 is 19.7 Å². The van der Waals surface area contributed by atoms with Crippen LogP contribution in [0.3, 0.4) is 0 Å². The monoisotopic (exact) mass is 629 g/mol. The highest BCUT2D eigenvalue weighted by molar-refractivity contribution is 6.40. The predicted octanol–water partition coefficient (Wildman–Crippen LogP) is 7.23. The Morgan fingerprint density at radius 3 is 2.53 bits per heavy atom. The molecule has 4 aromatic rings. The average molecular weight is 630 g/mol. The van der Waals surface area contributed by atoms with E-state index in [1.165, 1.54) is 12.1 Å². The lowest BCUT2D eigenvalue weighted by atomic mass is 9.95. The van der Waals surface area contributed by atoms with Crippen LogP contribution in [0.2, 0.25) is 10.0 Å². The quantitative estimate of drug-likeness (QED) is 0.200. The molecule has 13 heteroatoms. The van der Waals surface area contributed by atoms with Crippen LogP contribution in [0.25, 0.3) is 11.0 Å². The predicted molar refractivity (Wildman–Crippen MR) is 160 cm³/mol. The van der Waals surface area contributed by atoms with E-state index in [1.54, 1.807) is 73.7 Å². The van der Waals surface area contributed by atoms with Crippen LogP contribution in [0.5, 0.6) is 5.75 Å². The first-order valence-corrected chi connectivity index (χ1v) is 13.7. The molecule has 0 bridgehead atoms. The number of alkyl halides is 2. The number of amides is 1. The van der Waals surface area contributed by atoms with E-state index >= 15 is 0 Å². The molecular weight excluding hydrogens is 603 g/mol. The molecule has 0 atom stereocenters. The molecule has 1 amide bonds. The molecule has 0 saturated heterocycles. The second kappa shape index (κ2) is 12.5. The molecule has 0 aliphatic heterocycles. The van der Waals surface area contributed by atoms with Crippen LogP contribution in [0.15, 0.2) is 48.5 Å². The molecule has 43 heavy (non-hydrogen) atoms. The van der Waals surface area contributed by atoms with Crippen molar-refractivity contribution >= 4 is 63.4 Å². The number of rotatable bonds is 9. The first-order chi connectivity index (χ1) is 20.2. The van der Waals surface area contributed by atoms with E-state index in [9.17, 15) is 28.7 Å². The van der Waals surface area contributed by atoms with Crippen LogP contribution < -0.4 is 15.0 Å². The topological polar surface area (TPSA) is 120 Å². The number of aromatic carboxylic acids is 1. The molecule has 0 saturated carbocycles. The van der Waals surface area contributed by atoms with E-state index in [2.05, 4.69) is 16.4 Å². The Bertz CT molecular complexity index is 1760. The number of aryl methyl sites for hydroxylation is 1. The van der Waals surface area contributed by atoms with E-state index in [4.69, 9.17) is 27.9 Å². The minimum absolute atomic E-state index is 0.0977. The van der Waals surface area contributed by atoms with Crippen molar-refractivity contribution in [2.24, 2.45) is 12.5 Å². The van der Waals surface area contributed by atoms with Crippen molar-refractivity contribution < 1.29 is 28.2 Å². The van der Waals surface area contributed by atoms with E-state index in [0.29, 0.717) is 22.3 Å². The molecule has 2 N–H and O–H groups in total. The molecule has 9 nitrogen and oxygen atoms in total. The number of anilines is 3. The highest BCUT2D eigenvalue weighted by Crippen LogP contribution is 2.45. The zero-order valence-corrected chi connectivity index (χ0v) is 25.1. The van der Waals surface area contributed by atoms with Crippen LogP contribution >= 0.6 is 23.2 Å². The molecule has 0 aliphatic rings. The number of nitrogens with one attached hydrogen (secondary N) is 1. The minimum atomic E-state index is -2.81. The Balaban J connectivity index is 1.94. The van der Waals surface area contributed by atoms with Gasteiger partial charge in [0.1, 0.15) is 17.9 Å². The number of benzene rings is 3. The molecule has 1 heterocycles. The van der Waals surface area contributed by atoms with E-state index in [1.807, 2.05) is 0 Å². The summed E-state index contributed by atoms with van der Waals surface area (Å²) in [6, 6.07) is 14.5. The fourth-order valence-electron chi connectivity index (χ4n) is 4.27. The maximum atomic E-state index is 12.9. The van der Waals surface area contributed by atoms with Gasteiger partial charge in [0.15, 0.2) is 0 Å². The number of hydrogen-bond donors (Lipinski definition) is 2. The zero-order chi connectivity index (χ0) is 31.6. The van der Waals surface area contributed by atoms with Crippen molar-refractivity contribution in [3.8, 4) is 11.8 Å². The summed E-state index contributed by atoms with van der Waals surface area (Å²) in [6.07, 6.45) is -2.81. The van der Waals surface area contributed by atoms with Crippen molar-refractivity contribution in [3.05, 3.63) is 75.3 Å². The number of imidazole rings is 1. The maximum Gasteiger partial charge on any atom is 0.339 e. The number of carbonyl (C=O) groups excluding carboxylic acids is 1. The van der Waals surface area contributed by atoms with Gasteiger partial charge in [0.05, 0.1) is 44.1 Å². The van der Waals surface area contributed by atoms with E-state index < -0.39 is 24.4 Å². The molecule has 4 rings (SSSR count). The van der Waals surface area contributed by atoms with Crippen molar-refractivity contribution in [3.63, 3.8) is 0 Å². The molecule has 0 radical (unpaired) electrons. The largest absolute Gasteiger partial charge is 0.487 e. The lowest BCUT2D eigenvalue weighted by Gasteiger charge is -2.27. The Kier molecular flexibility index (Phi) is 9.13. The van der Waals surface area contributed by atoms with Crippen molar-refractivity contribution in [2.45, 2.75) is 33.7 Å². The number of carbonyl (C=O) groups is 2. The molecule has 3 aromatic carbocycles. The van der Waals surface area contributed by atoms with E-state index in [-0.39, 0.29) is 51.0 Å². The highest BCUT2D eigenvalue weighted by atomic mass is 35.5. The number of ether oxygens (including phenoxy) is 1. The van der Waals surface area contributed by atoms with Gasteiger partial charge in [0.2, 0.25) is 11.9 Å². The number of hydrogen-bond acceptors (Lipinski definition) is 6. The van der Waals surface area contributed by atoms with Gasteiger partial charge in [-0.15, -0.1) is 0 Å². The standard InChI is InChI=1S/C30H27Cl2F2N5O4/c1-30(2,3)28(42)36-14-17-8-9-20(31)26(25(17)32)39(18-7-5-6-16(10-18)13-35)29-37-21-11-19(27(40)41)23(43-15-24(33)34)12-22(21)38(29)4/h5-12,24H,14-15H2,1-4H3,(H,36,42)(H,40,41). The van der Waals surface area contributed by atoms with Gasteiger partial charge in [-0.05, 0) is 35.9 Å². The summed E-state index contributed by atoms with van der Waals surface area (Å²) in [6.45, 7) is 4.46. The van der Waals surface area contributed by atoms with Crippen LogP contribution in [-0.4, -0.2) is 39.6 Å². The average Bonchev–Trinajstić information content (AvgIpc) is 3.26. The van der Waals surface area contributed by atoms with Crippen LogP contribution in [0.4, 0.5) is 26.1 Å². The summed E-state index contributed by atoms with van der Waals surface area (Å²) < 4.78 is 32.5. The molecule has 1 aromatic heterocycles. The Labute approximate surface area is 256 Å². The van der Waals surface area contributed by atoms with Crippen LogP contribution in [-0.2, 0) is 18.4 Å². The van der Waals surface area contributed by atoms with Gasteiger partial charge in [-0.3, -0.25) is 9.69 Å². The van der Waals surface area contributed by atoms with E-state index in [0.717, 1.165) is 0 Å². The lowest BCUT2D eigenvalue weighted by molar-refractivity contribution is -0.128. The first kappa shape index (κ1) is 31.5. The van der Waals surface area contributed by atoms with Crippen LogP contribution in [0, 0.1) is 16.7 Å². The number of carboxylic acids is 1. The summed E-state index contributed by atoms with van der Waals surface area (Å²) in [5.74, 6) is -1.60. The summed E-state index contributed by atoms with van der Waals surface area (Å²) in [4.78, 5) is 30.8. The molecule has 0 unspecified atom stereocenters. The van der Waals surface area contributed by atoms with Gasteiger partial charge in [-0.25, -0.2) is 18.6 Å². The Morgan fingerprint density at radius 2 is 1.91 bits per heavy atom. The smallest absolute Gasteiger partial charge is 0.339 e. The van der Waals surface area contributed by atoms with Gasteiger partial charge in [0.25, 0.3) is 6.43 Å². The Morgan fingerprint density at radius 1 is 1.19 bits per heavy atom. The molecule has 0 aliphatic carbocycles. The summed E-state index contributed by atoms with van der Waals surface area (Å²) in [7, 11) is 1.64. The molecule has 0 fully saturated rings. The van der Waals surface area contributed by atoms with Gasteiger partial charge >= 0.3 is 5.97 Å². The van der Waals surface area contributed by atoms with Gasteiger partial charge in [-0.1, -0.05) is 56.1 Å². The number of halogens is 4. The fourth-order valence-corrected chi connectivity index (χ4v) is 4.88. The SMILES string of the molecule is Cn1c(N(c2cccc(C#N)c2)c2c(Cl)ccc(CNC(=O)C(C)(C)C)c2Cl)nc2cc(C(=O)O)c(OCC(F)F)cc21. The third kappa shape index (κ3) is 6.66. The summed E-state index contributed by atoms with van der Waals surface area (Å²) in [5, 5.41) is 22.6. The summed E-state index contributed by atoms with van der Waals surface area (Å²) in [5.41, 5.74) is 1.23. The second-order valence-electron chi connectivity index (χ2n) is 10.6. The third-order valence-electron chi connectivity index (χ3n) is 6.48. The highest BCUT2D eigenvalue weighted by Gasteiger charge is 2.28. The van der Waals surface area contributed by atoms with Gasteiger partial charge in [-0.2, -0.15) is 5.26 Å². The summed E-state index contributed by atoms with van der Waals surface area (Å²) >= 11 is 13.7. The Hall–Kier alpha value is -4.40. The third-order valence-corrected chi connectivity index (χ3v) is 7.21.